The monoisotopic (exact) mass is 295 g/mol. The summed E-state index contributed by atoms with van der Waals surface area (Å²) in [6.07, 6.45) is 4.74. The van der Waals surface area contributed by atoms with Gasteiger partial charge in [0.05, 0.1) is 21.9 Å². The van der Waals surface area contributed by atoms with Gasteiger partial charge in [0.1, 0.15) is 5.82 Å². The molecule has 90 valence electrons. The Bertz CT molecular complexity index is 511. The number of nitrogens with zero attached hydrogens (tertiary/aromatic N) is 4. The van der Waals surface area contributed by atoms with Gasteiger partial charge in [-0.25, -0.2) is 9.97 Å². The number of aryl methyl sites for hydroxylation is 2. The zero-order valence-corrected chi connectivity index (χ0v) is 11.4. The van der Waals surface area contributed by atoms with Gasteiger partial charge in [0.15, 0.2) is 5.82 Å². The first-order chi connectivity index (χ1) is 8.11. The molecule has 6 heteroatoms. The van der Waals surface area contributed by atoms with E-state index in [2.05, 4.69) is 37.9 Å². The highest BCUT2D eigenvalue weighted by molar-refractivity contribution is 9.10. The van der Waals surface area contributed by atoms with Crippen molar-refractivity contribution in [1.29, 1.82) is 0 Å². The molecule has 2 aromatic heterocycles. The fraction of sp³-hybridized carbons (Fsp3) is 0.364. The molecule has 0 aliphatic rings. The maximum absolute atomic E-state index is 5.80. The number of hydrogen-bond donors (Lipinski definition) is 1. The molecule has 2 heterocycles. The van der Waals surface area contributed by atoms with Crippen molar-refractivity contribution < 1.29 is 0 Å². The van der Waals surface area contributed by atoms with Crippen LogP contribution in [0.2, 0.25) is 0 Å². The second-order valence-electron chi connectivity index (χ2n) is 3.82. The lowest BCUT2D eigenvalue weighted by atomic mass is 10.3. The van der Waals surface area contributed by atoms with Crippen LogP contribution in [0.15, 0.2) is 16.9 Å². The van der Waals surface area contributed by atoms with Gasteiger partial charge in [-0.3, -0.25) is 4.68 Å². The molecule has 0 spiro atoms. The summed E-state index contributed by atoms with van der Waals surface area (Å²) < 4.78 is 2.63. The van der Waals surface area contributed by atoms with Gasteiger partial charge in [-0.2, -0.15) is 5.10 Å². The van der Waals surface area contributed by atoms with Crippen molar-refractivity contribution in [3.05, 3.63) is 22.6 Å². The van der Waals surface area contributed by atoms with Crippen molar-refractivity contribution in [2.24, 2.45) is 0 Å². The molecule has 0 saturated carbocycles. The Balaban J connectivity index is 2.39. The Hall–Kier alpha value is -1.43. The number of aromatic nitrogens is 4. The molecule has 0 radical (unpaired) electrons. The number of anilines is 1. The summed E-state index contributed by atoms with van der Waals surface area (Å²) in [4.78, 5) is 8.63. The molecule has 0 bridgehead atoms. The molecule has 2 aromatic rings. The molecule has 5 nitrogen and oxygen atoms in total. The van der Waals surface area contributed by atoms with Crippen molar-refractivity contribution in [2.45, 2.75) is 26.8 Å². The first kappa shape index (κ1) is 12.0. The molecule has 0 fully saturated rings. The van der Waals surface area contributed by atoms with E-state index in [-0.39, 0.29) is 0 Å². The van der Waals surface area contributed by atoms with Crippen molar-refractivity contribution in [3.8, 4) is 11.4 Å². The van der Waals surface area contributed by atoms with Crippen LogP contribution in [0.1, 0.15) is 19.0 Å². The van der Waals surface area contributed by atoms with E-state index in [0.717, 1.165) is 28.7 Å². The SMILES string of the molecule is CCCn1cc(-c2nc(C)c(Br)c(N)n2)cn1. The Morgan fingerprint density at radius 2 is 2.18 bits per heavy atom. The highest BCUT2D eigenvalue weighted by Gasteiger charge is 2.10. The Morgan fingerprint density at radius 3 is 2.82 bits per heavy atom. The minimum absolute atomic E-state index is 0.454. The van der Waals surface area contributed by atoms with Gasteiger partial charge in [-0.05, 0) is 29.3 Å². The van der Waals surface area contributed by atoms with Crippen molar-refractivity contribution in [1.82, 2.24) is 19.7 Å². The third-order valence-electron chi connectivity index (χ3n) is 2.39. The van der Waals surface area contributed by atoms with Crippen LogP contribution in [0.25, 0.3) is 11.4 Å². The first-order valence-electron chi connectivity index (χ1n) is 5.44. The zero-order chi connectivity index (χ0) is 12.4. The summed E-state index contributed by atoms with van der Waals surface area (Å²) in [7, 11) is 0. The normalized spacial score (nSPS) is 10.8. The molecule has 0 aromatic carbocycles. The first-order valence-corrected chi connectivity index (χ1v) is 6.23. The zero-order valence-electron chi connectivity index (χ0n) is 9.81. The van der Waals surface area contributed by atoms with E-state index in [0.29, 0.717) is 11.6 Å². The molecular weight excluding hydrogens is 282 g/mol. The van der Waals surface area contributed by atoms with E-state index in [9.17, 15) is 0 Å². The molecule has 0 saturated heterocycles. The molecular formula is C11H14BrN5. The lowest BCUT2D eigenvalue weighted by Gasteiger charge is -2.03. The van der Waals surface area contributed by atoms with E-state index in [4.69, 9.17) is 5.73 Å². The maximum atomic E-state index is 5.80. The second kappa shape index (κ2) is 4.83. The summed E-state index contributed by atoms with van der Waals surface area (Å²) in [5.41, 5.74) is 7.52. The fourth-order valence-electron chi connectivity index (χ4n) is 1.54. The standard InChI is InChI=1S/C11H14BrN5/c1-3-4-17-6-8(5-14-17)11-15-7(2)9(12)10(13)16-11/h5-6H,3-4H2,1-2H3,(H2,13,15,16). The van der Waals surface area contributed by atoms with Crippen LogP contribution in [0.3, 0.4) is 0 Å². The third kappa shape index (κ3) is 2.46. The number of halogens is 1. The average Bonchev–Trinajstić information content (AvgIpc) is 2.74. The topological polar surface area (TPSA) is 69.6 Å². The van der Waals surface area contributed by atoms with Gasteiger partial charge < -0.3 is 5.73 Å². The number of hydrogen-bond acceptors (Lipinski definition) is 4. The van der Waals surface area contributed by atoms with Gasteiger partial charge >= 0.3 is 0 Å². The lowest BCUT2D eigenvalue weighted by Crippen LogP contribution is -1.99. The minimum Gasteiger partial charge on any atom is -0.383 e. The van der Waals surface area contributed by atoms with Crippen molar-refractivity contribution in [2.75, 3.05) is 5.73 Å². The van der Waals surface area contributed by atoms with Crippen LogP contribution in [-0.4, -0.2) is 19.7 Å². The summed E-state index contributed by atoms with van der Waals surface area (Å²) in [6, 6.07) is 0. The lowest BCUT2D eigenvalue weighted by molar-refractivity contribution is 0.603. The second-order valence-corrected chi connectivity index (χ2v) is 4.62. The highest BCUT2D eigenvalue weighted by Crippen LogP contribution is 2.24. The van der Waals surface area contributed by atoms with Crippen LogP contribution in [0.5, 0.6) is 0 Å². The quantitative estimate of drug-likeness (QED) is 0.944. The van der Waals surface area contributed by atoms with E-state index in [1.807, 2.05) is 17.8 Å². The number of nitrogen functional groups attached to an aromatic ring is 1. The molecule has 0 amide bonds. The molecule has 0 aliphatic heterocycles. The molecule has 0 aliphatic carbocycles. The van der Waals surface area contributed by atoms with Crippen molar-refractivity contribution >= 4 is 21.7 Å². The average molecular weight is 296 g/mol. The van der Waals surface area contributed by atoms with Crippen LogP contribution < -0.4 is 5.73 Å². The Labute approximate surface area is 108 Å². The number of rotatable bonds is 3. The van der Waals surface area contributed by atoms with E-state index < -0.39 is 0 Å². The Morgan fingerprint density at radius 1 is 1.41 bits per heavy atom. The minimum atomic E-state index is 0.454. The molecule has 2 N–H and O–H groups in total. The molecule has 0 unspecified atom stereocenters. The van der Waals surface area contributed by atoms with Crippen LogP contribution in [-0.2, 0) is 6.54 Å². The maximum Gasteiger partial charge on any atom is 0.165 e. The van der Waals surface area contributed by atoms with Gasteiger partial charge in [0, 0.05) is 12.7 Å². The van der Waals surface area contributed by atoms with Crippen molar-refractivity contribution in [3.63, 3.8) is 0 Å². The molecule has 2 rings (SSSR count). The fourth-order valence-corrected chi connectivity index (χ4v) is 1.72. The van der Waals surface area contributed by atoms with Crippen LogP contribution in [0, 0.1) is 6.92 Å². The van der Waals surface area contributed by atoms with E-state index >= 15 is 0 Å². The van der Waals surface area contributed by atoms with E-state index in [1.54, 1.807) is 6.20 Å². The summed E-state index contributed by atoms with van der Waals surface area (Å²) >= 11 is 3.35. The van der Waals surface area contributed by atoms with Gasteiger partial charge in [0.2, 0.25) is 0 Å². The predicted molar refractivity (Wildman–Crippen MR) is 70.4 cm³/mol. The third-order valence-corrected chi connectivity index (χ3v) is 3.37. The van der Waals surface area contributed by atoms with Gasteiger partial charge in [-0.1, -0.05) is 6.92 Å². The number of nitrogens with two attached hydrogens (primary N) is 1. The van der Waals surface area contributed by atoms with Gasteiger partial charge in [0.25, 0.3) is 0 Å². The Kier molecular flexibility index (Phi) is 3.42. The summed E-state index contributed by atoms with van der Waals surface area (Å²) in [6.45, 7) is 4.90. The summed E-state index contributed by atoms with van der Waals surface area (Å²) in [5, 5.41) is 4.25. The summed E-state index contributed by atoms with van der Waals surface area (Å²) in [5.74, 6) is 1.07. The van der Waals surface area contributed by atoms with Crippen LogP contribution >= 0.6 is 15.9 Å². The largest absolute Gasteiger partial charge is 0.383 e. The van der Waals surface area contributed by atoms with Gasteiger partial charge in [-0.15, -0.1) is 0 Å². The molecule has 0 atom stereocenters. The van der Waals surface area contributed by atoms with Crippen LogP contribution in [0.4, 0.5) is 5.82 Å². The molecule has 17 heavy (non-hydrogen) atoms. The highest BCUT2D eigenvalue weighted by atomic mass is 79.9. The van der Waals surface area contributed by atoms with E-state index in [1.165, 1.54) is 0 Å². The predicted octanol–water partition coefficient (Wildman–Crippen LogP) is 2.40. The smallest absolute Gasteiger partial charge is 0.165 e.